The van der Waals surface area contributed by atoms with Crippen molar-refractivity contribution in [3.8, 4) is 22.5 Å². The van der Waals surface area contributed by atoms with E-state index in [1.54, 1.807) is 6.20 Å². The molecule has 7 rings (SSSR count). The summed E-state index contributed by atoms with van der Waals surface area (Å²) in [5.74, 6) is 0.910. The van der Waals surface area contributed by atoms with E-state index in [4.69, 9.17) is 16.0 Å². The average Bonchev–Trinajstić information content (AvgIpc) is 3.41. The Morgan fingerprint density at radius 2 is 1.67 bits per heavy atom. The van der Waals surface area contributed by atoms with Gasteiger partial charge in [0, 0.05) is 78.1 Å². The number of aromatic nitrogens is 1. The lowest BCUT2D eigenvalue weighted by atomic mass is 10.00. The highest BCUT2D eigenvalue weighted by Crippen LogP contribution is 2.38. The molecule has 1 saturated heterocycles. The van der Waals surface area contributed by atoms with Gasteiger partial charge in [-0.25, -0.2) is 0 Å². The Morgan fingerprint density at radius 3 is 2.45 bits per heavy atom. The predicted molar refractivity (Wildman–Crippen MR) is 168 cm³/mol. The number of halogens is 1. The number of rotatable bonds is 5. The third kappa shape index (κ3) is 5.08. The van der Waals surface area contributed by atoms with Gasteiger partial charge in [0.2, 0.25) is 0 Å². The summed E-state index contributed by atoms with van der Waals surface area (Å²) in [5.41, 5.74) is 8.12. The van der Waals surface area contributed by atoms with Crippen molar-refractivity contribution in [3.05, 3.63) is 125 Å². The normalized spacial score (nSPS) is 15.3. The number of fused-ring (bicyclic) bond motifs is 2. The number of furan rings is 1. The van der Waals surface area contributed by atoms with E-state index in [0.29, 0.717) is 29.5 Å². The summed E-state index contributed by atoms with van der Waals surface area (Å²) in [5, 5.41) is 0.659. The molecule has 42 heavy (non-hydrogen) atoms. The summed E-state index contributed by atoms with van der Waals surface area (Å²) in [7, 11) is 2.17. The van der Waals surface area contributed by atoms with E-state index in [1.165, 1.54) is 5.69 Å². The topological polar surface area (TPSA) is 52.8 Å². The fourth-order valence-electron chi connectivity index (χ4n) is 5.96. The summed E-state index contributed by atoms with van der Waals surface area (Å²) in [4.78, 5) is 25.4. The lowest BCUT2D eigenvalue weighted by Gasteiger charge is -2.34. The largest absolute Gasteiger partial charge is 0.451 e. The van der Waals surface area contributed by atoms with Gasteiger partial charge in [-0.1, -0.05) is 41.9 Å². The van der Waals surface area contributed by atoms with Crippen LogP contribution in [0.4, 0.5) is 11.4 Å². The molecular weight excluding hydrogens is 544 g/mol. The fourth-order valence-corrected chi connectivity index (χ4v) is 6.09. The zero-order valence-electron chi connectivity index (χ0n) is 23.5. The smallest absolute Gasteiger partial charge is 0.294 e. The number of hydrogen-bond donors (Lipinski definition) is 0. The maximum Gasteiger partial charge on any atom is 0.294 e. The molecule has 1 amide bonds. The number of pyridine rings is 1. The summed E-state index contributed by atoms with van der Waals surface area (Å²) in [6.45, 7) is 4.43. The number of anilines is 2. The maximum atomic E-state index is 14.4. The molecule has 0 unspecified atom stereocenters. The molecule has 0 radical (unpaired) electrons. The third-order valence-electron chi connectivity index (χ3n) is 8.30. The van der Waals surface area contributed by atoms with Gasteiger partial charge < -0.3 is 19.1 Å². The van der Waals surface area contributed by atoms with Crippen molar-refractivity contribution in [2.45, 2.75) is 13.0 Å². The third-order valence-corrected chi connectivity index (χ3v) is 8.55. The molecule has 0 atom stereocenters. The maximum absolute atomic E-state index is 14.4. The second kappa shape index (κ2) is 11.1. The first-order valence-electron chi connectivity index (χ1n) is 14.3. The van der Waals surface area contributed by atoms with Crippen molar-refractivity contribution in [2.24, 2.45) is 0 Å². The van der Waals surface area contributed by atoms with Crippen LogP contribution in [0.5, 0.6) is 0 Å². The van der Waals surface area contributed by atoms with Crippen LogP contribution in [0.3, 0.4) is 0 Å². The molecule has 0 spiro atoms. The molecule has 0 saturated carbocycles. The zero-order chi connectivity index (χ0) is 28.6. The molecular formula is C35H31ClN4O2. The van der Waals surface area contributed by atoms with Gasteiger partial charge in [-0.05, 0) is 78.3 Å². The zero-order valence-corrected chi connectivity index (χ0v) is 24.2. The Balaban J connectivity index is 1.32. The standard InChI is InChI=1S/C35H31ClN4O2/c1-38-15-17-39(18-16-38)30-12-13-32-27(20-30)19-28-21-33(24-8-10-29(36)11-9-24)42-34(28)35(41)40(32)23-26-5-2-3-7-31(26)25-6-4-14-37-22-25/h2-14,20-22H,15-19,23H2,1H3. The van der Waals surface area contributed by atoms with Gasteiger partial charge in [0.15, 0.2) is 5.76 Å². The Labute approximate surface area is 250 Å². The summed E-state index contributed by atoms with van der Waals surface area (Å²) < 4.78 is 6.34. The first-order valence-corrected chi connectivity index (χ1v) is 14.7. The lowest BCUT2D eigenvalue weighted by Crippen LogP contribution is -2.44. The van der Waals surface area contributed by atoms with Crippen LogP contribution in [0.25, 0.3) is 22.5 Å². The van der Waals surface area contributed by atoms with Gasteiger partial charge in [0.25, 0.3) is 5.91 Å². The summed E-state index contributed by atoms with van der Waals surface area (Å²) in [6, 6.07) is 28.3. The molecule has 6 nitrogen and oxygen atoms in total. The minimum absolute atomic E-state index is 0.141. The second-order valence-electron chi connectivity index (χ2n) is 11.0. The van der Waals surface area contributed by atoms with E-state index >= 15 is 0 Å². The lowest BCUT2D eigenvalue weighted by molar-refractivity contribution is 0.0959. The van der Waals surface area contributed by atoms with E-state index < -0.39 is 0 Å². The minimum Gasteiger partial charge on any atom is -0.451 e. The van der Waals surface area contributed by atoms with Crippen molar-refractivity contribution in [1.82, 2.24) is 9.88 Å². The number of nitrogens with zero attached hydrogens (tertiary/aromatic N) is 4. The van der Waals surface area contributed by atoms with Crippen molar-refractivity contribution in [2.75, 3.05) is 43.0 Å². The van der Waals surface area contributed by atoms with E-state index in [9.17, 15) is 4.79 Å². The van der Waals surface area contributed by atoms with Crippen LogP contribution in [0.15, 0.2) is 102 Å². The van der Waals surface area contributed by atoms with Crippen LogP contribution in [-0.2, 0) is 13.0 Å². The molecule has 2 aliphatic heterocycles. The quantitative estimate of drug-likeness (QED) is 0.223. The number of hydrogen-bond acceptors (Lipinski definition) is 5. The van der Waals surface area contributed by atoms with Gasteiger partial charge in [-0.15, -0.1) is 0 Å². The van der Waals surface area contributed by atoms with Crippen molar-refractivity contribution >= 4 is 28.9 Å². The van der Waals surface area contributed by atoms with E-state index in [-0.39, 0.29) is 5.91 Å². The van der Waals surface area contributed by atoms with Crippen molar-refractivity contribution in [3.63, 3.8) is 0 Å². The van der Waals surface area contributed by atoms with Crippen LogP contribution in [0.1, 0.15) is 27.2 Å². The predicted octanol–water partition coefficient (Wildman–Crippen LogP) is 7.17. The molecule has 2 aromatic heterocycles. The summed E-state index contributed by atoms with van der Waals surface area (Å²) >= 11 is 6.14. The molecule has 1 fully saturated rings. The number of benzene rings is 3. The SMILES string of the molecule is CN1CCN(c2ccc3c(c2)Cc2cc(-c4ccc(Cl)cc4)oc2C(=O)N3Cc2ccccc2-c2cccnc2)CC1. The van der Waals surface area contributed by atoms with E-state index in [0.717, 1.165) is 65.2 Å². The Morgan fingerprint density at radius 1 is 0.857 bits per heavy atom. The fraction of sp³-hybridized carbons (Fsp3) is 0.200. The Kier molecular flexibility index (Phi) is 7.02. The molecule has 3 aromatic carbocycles. The van der Waals surface area contributed by atoms with Gasteiger partial charge in [-0.2, -0.15) is 0 Å². The van der Waals surface area contributed by atoms with Gasteiger partial charge in [0.1, 0.15) is 5.76 Å². The monoisotopic (exact) mass is 574 g/mol. The first-order chi connectivity index (χ1) is 20.5. The molecule has 0 N–H and O–H groups in total. The minimum atomic E-state index is -0.141. The van der Waals surface area contributed by atoms with Crippen molar-refractivity contribution < 1.29 is 9.21 Å². The second-order valence-corrected chi connectivity index (χ2v) is 11.5. The summed E-state index contributed by atoms with van der Waals surface area (Å²) in [6.07, 6.45) is 4.24. The van der Waals surface area contributed by atoms with Crippen molar-refractivity contribution in [1.29, 1.82) is 0 Å². The van der Waals surface area contributed by atoms with E-state index in [1.807, 2.05) is 59.6 Å². The average molecular weight is 575 g/mol. The number of amides is 1. The Bertz CT molecular complexity index is 1740. The van der Waals surface area contributed by atoms with Crippen LogP contribution < -0.4 is 9.80 Å². The molecule has 7 heteroatoms. The van der Waals surface area contributed by atoms with Crippen LogP contribution in [-0.4, -0.2) is 49.0 Å². The Hall–Kier alpha value is -4.39. The van der Waals surface area contributed by atoms with Gasteiger partial charge in [0.05, 0.1) is 6.54 Å². The van der Waals surface area contributed by atoms with Crippen LogP contribution >= 0.6 is 11.6 Å². The van der Waals surface area contributed by atoms with E-state index in [2.05, 4.69) is 58.2 Å². The number of carbonyl (C=O) groups excluding carboxylic acids is 1. The highest BCUT2D eigenvalue weighted by molar-refractivity contribution is 6.30. The molecule has 210 valence electrons. The molecule has 0 aliphatic carbocycles. The number of piperazine rings is 1. The molecule has 4 heterocycles. The van der Waals surface area contributed by atoms with Crippen LogP contribution in [0, 0.1) is 0 Å². The van der Waals surface area contributed by atoms with Gasteiger partial charge >= 0.3 is 0 Å². The number of likely N-dealkylation sites (N-methyl/N-ethyl adjacent to an activating group) is 1. The molecule has 5 aromatic rings. The van der Waals surface area contributed by atoms with Gasteiger partial charge in [-0.3, -0.25) is 9.78 Å². The highest BCUT2D eigenvalue weighted by atomic mass is 35.5. The molecule has 2 aliphatic rings. The number of carbonyl (C=O) groups is 1. The molecule has 0 bridgehead atoms. The highest BCUT2D eigenvalue weighted by Gasteiger charge is 2.32. The van der Waals surface area contributed by atoms with Crippen LogP contribution in [0.2, 0.25) is 5.02 Å². The first kappa shape index (κ1) is 26.5.